The number of likely N-dealkylation sites (N-methyl/N-ethyl adjacent to an activating group) is 1. The second kappa shape index (κ2) is 4.19. The standard InChI is InChI=1S/C12H17NO2/c1-13-8-9-4-3-5-10(15-2)6-7-11(9)12(13)14/h3,5,10H,4,6-8H2,1-2H3/b5-3-. The molecule has 3 nitrogen and oxygen atoms in total. The predicted molar refractivity (Wildman–Crippen MR) is 58.5 cm³/mol. The fraction of sp³-hybridized carbons (Fsp3) is 0.583. The first-order chi connectivity index (χ1) is 7.22. The average molecular weight is 207 g/mol. The topological polar surface area (TPSA) is 29.5 Å². The fourth-order valence-electron chi connectivity index (χ4n) is 2.25. The van der Waals surface area contributed by atoms with E-state index in [1.165, 1.54) is 5.57 Å². The van der Waals surface area contributed by atoms with Gasteiger partial charge in [0.05, 0.1) is 6.10 Å². The Morgan fingerprint density at radius 3 is 3.07 bits per heavy atom. The van der Waals surface area contributed by atoms with E-state index in [4.69, 9.17) is 4.74 Å². The van der Waals surface area contributed by atoms with Crippen LogP contribution in [-0.4, -0.2) is 37.6 Å². The number of methoxy groups -OCH3 is 1. The molecule has 2 aliphatic rings. The Labute approximate surface area is 90.4 Å². The highest BCUT2D eigenvalue weighted by Crippen LogP contribution is 2.27. The number of nitrogens with zero attached hydrogens (tertiary/aromatic N) is 1. The summed E-state index contributed by atoms with van der Waals surface area (Å²) >= 11 is 0. The van der Waals surface area contributed by atoms with E-state index < -0.39 is 0 Å². The van der Waals surface area contributed by atoms with E-state index in [-0.39, 0.29) is 12.0 Å². The Hall–Kier alpha value is -1.09. The van der Waals surface area contributed by atoms with Crippen LogP contribution in [0.25, 0.3) is 0 Å². The van der Waals surface area contributed by atoms with Crippen molar-refractivity contribution in [2.75, 3.05) is 20.7 Å². The Bertz CT molecular complexity index is 331. The van der Waals surface area contributed by atoms with Crippen molar-refractivity contribution in [2.24, 2.45) is 0 Å². The first-order valence-electron chi connectivity index (χ1n) is 5.38. The maximum absolute atomic E-state index is 11.8. The van der Waals surface area contributed by atoms with E-state index in [2.05, 4.69) is 12.2 Å². The summed E-state index contributed by atoms with van der Waals surface area (Å²) < 4.78 is 5.30. The van der Waals surface area contributed by atoms with Crippen LogP contribution in [0.2, 0.25) is 0 Å². The zero-order chi connectivity index (χ0) is 10.8. The molecule has 0 saturated carbocycles. The lowest BCUT2D eigenvalue weighted by Crippen LogP contribution is -2.22. The van der Waals surface area contributed by atoms with Gasteiger partial charge >= 0.3 is 0 Å². The summed E-state index contributed by atoms with van der Waals surface area (Å²) in [5.41, 5.74) is 2.30. The van der Waals surface area contributed by atoms with Gasteiger partial charge in [-0.3, -0.25) is 4.79 Å². The smallest absolute Gasteiger partial charge is 0.249 e. The number of amides is 1. The maximum atomic E-state index is 11.8. The molecule has 15 heavy (non-hydrogen) atoms. The summed E-state index contributed by atoms with van der Waals surface area (Å²) in [6.07, 6.45) is 7.04. The molecule has 0 N–H and O–H groups in total. The third-order valence-electron chi connectivity index (χ3n) is 3.16. The van der Waals surface area contributed by atoms with Gasteiger partial charge in [-0.1, -0.05) is 12.2 Å². The van der Waals surface area contributed by atoms with Crippen molar-refractivity contribution in [1.82, 2.24) is 4.90 Å². The Morgan fingerprint density at radius 2 is 2.33 bits per heavy atom. The summed E-state index contributed by atoms with van der Waals surface area (Å²) in [4.78, 5) is 13.6. The van der Waals surface area contributed by atoms with Gasteiger partial charge < -0.3 is 9.64 Å². The molecule has 0 radical (unpaired) electrons. The molecule has 0 spiro atoms. The molecule has 1 atom stereocenters. The second-order valence-corrected chi connectivity index (χ2v) is 4.19. The maximum Gasteiger partial charge on any atom is 0.249 e. The third-order valence-corrected chi connectivity index (χ3v) is 3.16. The highest BCUT2D eigenvalue weighted by molar-refractivity contribution is 5.96. The minimum Gasteiger partial charge on any atom is -0.377 e. The summed E-state index contributed by atoms with van der Waals surface area (Å²) in [5.74, 6) is 0.204. The van der Waals surface area contributed by atoms with Crippen LogP contribution < -0.4 is 0 Å². The molecule has 1 unspecified atom stereocenters. The van der Waals surface area contributed by atoms with Crippen molar-refractivity contribution in [3.8, 4) is 0 Å². The molecular weight excluding hydrogens is 190 g/mol. The molecular formula is C12H17NO2. The number of hydrogen-bond donors (Lipinski definition) is 0. The third kappa shape index (κ3) is 1.97. The number of rotatable bonds is 1. The van der Waals surface area contributed by atoms with Crippen LogP contribution in [0.5, 0.6) is 0 Å². The summed E-state index contributed by atoms with van der Waals surface area (Å²) in [5, 5.41) is 0. The molecule has 1 amide bonds. The SMILES string of the molecule is COC1/C=C\CC2=C(CC1)C(=O)N(C)C2. The van der Waals surface area contributed by atoms with Crippen molar-refractivity contribution < 1.29 is 9.53 Å². The Balaban J connectivity index is 2.16. The second-order valence-electron chi connectivity index (χ2n) is 4.19. The molecule has 0 fully saturated rings. The number of carbonyl (C=O) groups excluding carboxylic acids is 1. The molecule has 0 bridgehead atoms. The monoisotopic (exact) mass is 207 g/mol. The van der Waals surface area contributed by atoms with Gasteiger partial charge in [-0.2, -0.15) is 0 Å². The van der Waals surface area contributed by atoms with Gasteiger partial charge in [0.15, 0.2) is 0 Å². The van der Waals surface area contributed by atoms with Crippen LogP contribution in [0.15, 0.2) is 23.3 Å². The molecule has 0 aromatic rings. The Kier molecular flexibility index (Phi) is 2.91. The van der Waals surface area contributed by atoms with Crippen LogP contribution >= 0.6 is 0 Å². The average Bonchev–Trinajstić information content (AvgIpc) is 2.44. The fourth-order valence-corrected chi connectivity index (χ4v) is 2.25. The van der Waals surface area contributed by atoms with Gasteiger partial charge in [0.2, 0.25) is 5.91 Å². The molecule has 1 heterocycles. The van der Waals surface area contributed by atoms with E-state index >= 15 is 0 Å². The van der Waals surface area contributed by atoms with Gasteiger partial charge in [0, 0.05) is 26.3 Å². The van der Waals surface area contributed by atoms with Crippen molar-refractivity contribution in [3.05, 3.63) is 23.3 Å². The van der Waals surface area contributed by atoms with Gasteiger partial charge in [0.1, 0.15) is 0 Å². The largest absolute Gasteiger partial charge is 0.377 e. The van der Waals surface area contributed by atoms with E-state index in [0.29, 0.717) is 0 Å². The van der Waals surface area contributed by atoms with Crippen LogP contribution in [0, 0.1) is 0 Å². The van der Waals surface area contributed by atoms with Gasteiger partial charge in [0.25, 0.3) is 0 Å². The number of carbonyl (C=O) groups is 1. The zero-order valence-electron chi connectivity index (χ0n) is 9.32. The van der Waals surface area contributed by atoms with E-state index in [1.54, 1.807) is 12.0 Å². The van der Waals surface area contributed by atoms with Gasteiger partial charge in [-0.15, -0.1) is 0 Å². The molecule has 2 rings (SSSR count). The molecule has 3 heteroatoms. The molecule has 0 saturated heterocycles. The minimum absolute atomic E-state index is 0.165. The quantitative estimate of drug-likeness (QED) is 0.610. The lowest BCUT2D eigenvalue weighted by Gasteiger charge is -2.13. The summed E-state index contributed by atoms with van der Waals surface area (Å²) in [7, 11) is 3.58. The highest BCUT2D eigenvalue weighted by atomic mass is 16.5. The normalized spacial score (nSPS) is 28.8. The summed E-state index contributed by atoms with van der Waals surface area (Å²) in [6.45, 7) is 0.802. The lowest BCUT2D eigenvalue weighted by atomic mass is 9.98. The predicted octanol–water partition coefficient (Wildman–Crippen LogP) is 1.51. The van der Waals surface area contributed by atoms with Gasteiger partial charge in [-0.25, -0.2) is 0 Å². The molecule has 0 aromatic carbocycles. The summed E-state index contributed by atoms with van der Waals surface area (Å²) in [6, 6.07) is 0. The van der Waals surface area contributed by atoms with Crippen LogP contribution in [-0.2, 0) is 9.53 Å². The minimum atomic E-state index is 0.165. The molecule has 1 aliphatic heterocycles. The van der Waals surface area contributed by atoms with Crippen LogP contribution in [0.4, 0.5) is 0 Å². The lowest BCUT2D eigenvalue weighted by molar-refractivity contribution is -0.124. The van der Waals surface area contributed by atoms with Crippen molar-refractivity contribution in [2.45, 2.75) is 25.4 Å². The van der Waals surface area contributed by atoms with E-state index in [0.717, 1.165) is 31.4 Å². The highest BCUT2D eigenvalue weighted by Gasteiger charge is 2.27. The Morgan fingerprint density at radius 1 is 1.53 bits per heavy atom. The molecule has 1 aliphatic carbocycles. The molecule has 82 valence electrons. The first kappa shape index (κ1) is 10.4. The van der Waals surface area contributed by atoms with Crippen LogP contribution in [0.1, 0.15) is 19.3 Å². The zero-order valence-corrected chi connectivity index (χ0v) is 9.32. The van der Waals surface area contributed by atoms with E-state index in [1.807, 2.05) is 7.05 Å². The van der Waals surface area contributed by atoms with Crippen LogP contribution in [0.3, 0.4) is 0 Å². The van der Waals surface area contributed by atoms with Crippen molar-refractivity contribution in [1.29, 1.82) is 0 Å². The molecule has 0 aromatic heterocycles. The first-order valence-corrected chi connectivity index (χ1v) is 5.38. The van der Waals surface area contributed by atoms with Crippen molar-refractivity contribution in [3.63, 3.8) is 0 Å². The van der Waals surface area contributed by atoms with E-state index in [9.17, 15) is 4.79 Å². The number of ether oxygens (including phenoxy) is 1. The number of hydrogen-bond acceptors (Lipinski definition) is 2. The van der Waals surface area contributed by atoms with Gasteiger partial charge in [-0.05, 0) is 24.8 Å². The van der Waals surface area contributed by atoms with Crippen molar-refractivity contribution >= 4 is 5.91 Å². The number of allylic oxidation sites excluding steroid dienone is 1.